The van der Waals surface area contributed by atoms with Crippen LogP contribution < -0.4 is 17.0 Å². The number of fused-ring (bicyclic) bond motifs is 5. The van der Waals surface area contributed by atoms with Crippen LogP contribution in [-0.2, 0) is 36.7 Å². The largest absolute Gasteiger partial charge is 0.472 e. The second-order valence-corrected chi connectivity index (χ2v) is 14.6. The molecule has 3 aliphatic rings. The highest BCUT2D eigenvalue weighted by molar-refractivity contribution is 8.44. The number of hydrogen-bond acceptors (Lipinski definition) is 17. The molecule has 3 saturated heterocycles. The fourth-order valence-corrected chi connectivity index (χ4v) is 7.86. The number of phosphoric ester groups is 1. The minimum absolute atomic E-state index is 0.0390. The molecule has 0 amide bonds. The van der Waals surface area contributed by atoms with Crippen molar-refractivity contribution in [2.75, 3.05) is 24.7 Å². The number of nitrogens with two attached hydrogens (primary N) is 2. The van der Waals surface area contributed by atoms with Gasteiger partial charge >= 0.3 is 14.6 Å². The first kappa shape index (κ1) is 30.7. The van der Waals surface area contributed by atoms with Gasteiger partial charge in [-0.25, -0.2) is 24.1 Å². The lowest BCUT2D eigenvalue weighted by Gasteiger charge is -2.26. The highest BCUT2D eigenvalue weighted by Gasteiger charge is 2.53. The molecule has 0 aromatic carbocycles. The third-order valence-electron chi connectivity index (χ3n) is 7.47. The molecule has 2 bridgehead atoms. The number of aromatic nitrogens is 7. The zero-order valence-corrected chi connectivity index (χ0v) is 25.2. The molecule has 0 aliphatic carbocycles. The first-order chi connectivity index (χ1) is 21.3. The molecular formula is C21H25N9O12P2S. The standard InChI is InChI=1S/C21H25N9O12P2S/c22-15-10-17(25-5-24-15)30(6-26-10)19-12(32)13-9(40-19)4-38-44(36,45)42-14-11(31)8(3-37-43(34,35)41-13)39-20(14)29-2-1-7-16(29)27-21(23)28-18(7)33/h1-2,5-6,8-9,11-14,19-20,31-32H,3-4H2,(H,34,35)(H,36,45)(H2,22,24,25)(H3,23,27,28,33)/t8-,9-,11?,12?,13?,14?,19-,20-,44?/m1/s1. The molecule has 8 N–H and O–H groups in total. The maximum Gasteiger partial charge on any atom is 0.472 e. The van der Waals surface area contributed by atoms with Crippen LogP contribution in [0.25, 0.3) is 22.2 Å². The summed E-state index contributed by atoms with van der Waals surface area (Å²) < 4.78 is 62.6. The lowest BCUT2D eigenvalue weighted by molar-refractivity contribution is -0.0618. The van der Waals surface area contributed by atoms with Gasteiger partial charge in [-0.15, -0.1) is 0 Å². The van der Waals surface area contributed by atoms with Gasteiger partial charge in [0.2, 0.25) is 5.95 Å². The van der Waals surface area contributed by atoms with E-state index in [9.17, 15) is 29.0 Å². The molecule has 4 aromatic rings. The number of aromatic amines is 1. The number of ether oxygens (including phenoxy) is 2. The zero-order chi connectivity index (χ0) is 31.8. The smallest absolute Gasteiger partial charge is 0.387 e. The quantitative estimate of drug-likeness (QED) is 0.100. The van der Waals surface area contributed by atoms with Crippen molar-refractivity contribution in [3.05, 3.63) is 35.3 Å². The van der Waals surface area contributed by atoms with Gasteiger partial charge in [-0.05, 0) is 6.07 Å². The van der Waals surface area contributed by atoms with E-state index in [1.54, 1.807) is 0 Å². The predicted molar refractivity (Wildman–Crippen MR) is 152 cm³/mol. The summed E-state index contributed by atoms with van der Waals surface area (Å²) in [5.74, 6) is -0.149. The Morgan fingerprint density at radius 2 is 1.71 bits per heavy atom. The number of aliphatic hydroxyl groups is 2. The zero-order valence-electron chi connectivity index (χ0n) is 22.5. The SMILES string of the molecule is Nc1nc2c(ccn2[C@@H]2O[C@@H]3COP(=O)(O)OC4C(O)[C@H](n5cnc6c(N)ncnc65)O[C@@H]4COP(=O)(S)OC2C3O)c(=O)[nH]1. The number of rotatable bonds is 2. The molecule has 45 heavy (non-hydrogen) atoms. The van der Waals surface area contributed by atoms with E-state index in [1.165, 1.54) is 34.1 Å². The van der Waals surface area contributed by atoms with Crippen LogP contribution in [0, 0.1) is 0 Å². The van der Waals surface area contributed by atoms with Crippen LogP contribution in [0.5, 0.6) is 0 Å². The van der Waals surface area contributed by atoms with Crippen molar-refractivity contribution >= 4 is 60.8 Å². The lowest BCUT2D eigenvalue weighted by atomic mass is 10.1. The van der Waals surface area contributed by atoms with Crippen molar-refractivity contribution in [3.63, 3.8) is 0 Å². The Kier molecular flexibility index (Phi) is 7.55. The minimum atomic E-state index is -5.01. The fraction of sp³-hybridized carbons (Fsp3) is 0.476. The number of thiol groups is 1. The molecule has 3 fully saturated rings. The van der Waals surface area contributed by atoms with Gasteiger partial charge in [0.15, 0.2) is 29.6 Å². The summed E-state index contributed by atoms with van der Waals surface area (Å²) in [6, 6.07) is 1.41. The number of aliphatic hydroxyl groups excluding tert-OH is 2. The monoisotopic (exact) mass is 689 g/mol. The molecule has 24 heteroatoms. The van der Waals surface area contributed by atoms with Gasteiger partial charge in [0.05, 0.1) is 24.9 Å². The molecule has 0 saturated carbocycles. The molecule has 7 heterocycles. The van der Waals surface area contributed by atoms with Gasteiger partial charge in [0.1, 0.15) is 48.5 Å². The third-order valence-corrected chi connectivity index (χ3v) is 10.1. The van der Waals surface area contributed by atoms with E-state index >= 15 is 0 Å². The molecule has 4 aromatic heterocycles. The number of nitrogens with zero attached hydrogens (tertiary/aromatic N) is 6. The molecule has 242 valence electrons. The van der Waals surface area contributed by atoms with Crippen LogP contribution >= 0.6 is 26.9 Å². The normalized spacial score (nSPS) is 37.7. The number of nitrogens with one attached hydrogen (secondary N) is 1. The Bertz CT molecular complexity index is 1940. The van der Waals surface area contributed by atoms with Gasteiger partial charge in [-0.1, -0.05) is 12.2 Å². The Morgan fingerprint density at radius 1 is 0.956 bits per heavy atom. The summed E-state index contributed by atoms with van der Waals surface area (Å²) in [7, 11) is -5.01. The maximum atomic E-state index is 13.5. The molecule has 0 radical (unpaired) electrons. The summed E-state index contributed by atoms with van der Waals surface area (Å²) in [5, 5.41) is 22.4. The van der Waals surface area contributed by atoms with Crippen molar-refractivity contribution in [1.29, 1.82) is 0 Å². The van der Waals surface area contributed by atoms with E-state index in [0.717, 1.165) is 0 Å². The fourth-order valence-electron chi connectivity index (χ4n) is 5.43. The molecule has 10 atom stereocenters. The van der Waals surface area contributed by atoms with Crippen LogP contribution in [0.15, 0.2) is 29.7 Å². The van der Waals surface area contributed by atoms with Crippen molar-refractivity contribution in [2.24, 2.45) is 0 Å². The van der Waals surface area contributed by atoms with Crippen molar-refractivity contribution in [2.45, 2.75) is 49.1 Å². The van der Waals surface area contributed by atoms with Crippen LogP contribution in [0.1, 0.15) is 12.5 Å². The predicted octanol–water partition coefficient (Wildman–Crippen LogP) is -0.799. The van der Waals surface area contributed by atoms with E-state index in [1.807, 2.05) is 0 Å². The molecule has 6 unspecified atom stereocenters. The van der Waals surface area contributed by atoms with Crippen LogP contribution in [-0.4, -0.2) is 99.0 Å². The number of nitrogen functional groups attached to an aromatic ring is 2. The highest BCUT2D eigenvalue weighted by Crippen LogP contribution is 2.58. The average molecular weight is 689 g/mol. The lowest BCUT2D eigenvalue weighted by Crippen LogP contribution is -2.36. The van der Waals surface area contributed by atoms with Gasteiger partial charge < -0.3 is 40.6 Å². The third kappa shape index (κ3) is 5.45. The Balaban J connectivity index is 1.21. The van der Waals surface area contributed by atoms with E-state index in [-0.39, 0.29) is 34.0 Å². The Morgan fingerprint density at radius 3 is 2.51 bits per heavy atom. The summed E-state index contributed by atoms with van der Waals surface area (Å²) in [6.45, 7) is -5.79. The van der Waals surface area contributed by atoms with E-state index in [2.05, 4.69) is 37.2 Å². The molecule has 7 rings (SSSR count). The number of imidazole rings is 1. The van der Waals surface area contributed by atoms with Gasteiger partial charge in [-0.2, -0.15) is 4.98 Å². The summed E-state index contributed by atoms with van der Waals surface area (Å²) in [5.41, 5.74) is 11.4. The van der Waals surface area contributed by atoms with Crippen LogP contribution in [0.2, 0.25) is 0 Å². The summed E-state index contributed by atoms with van der Waals surface area (Å²) in [4.78, 5) is 41.6. The van der Waals surface area contributed by atoms with Gasteiger partial charge in [-0.3, -0.25) is 32.4 Å². The number of hydrogen-bond donors (Lipinski definition) is 7. The van der Waals surface area contributed by atoms with E-state index in [0.29, 0.717) is 0 Å². The first-order valence-corrected chi connectivity index (χ1v) is 17.3. The second kappa shape index (κ2) is 11.1. The Hall–Kier alpha value is -2.98. The second-order valence-electron chi connectivity index (χ2n) is 10.3. The van der Waals surface area contributed by atoms with Crippen molar-refractivity contribution in [1.82, 2.24) is 34.1 Å². The number of H-pyrrole nitrogens is 1. The molecule has 21 nitrogen and oxygen atoms in total. The first-order valence-electron chi connectivity index (χ1n) is 13.1. The van der Waals surface area contributed by atoms with Gasteiger partial charge in [0, 0.05) is 6.20 Å². The number of anilines is 2. The topological polar surface area (TPSA) is 297 Å². The van der Waals surface area contributed by atoms with Gasteiger partial charge in [0.25, 0.3) is 5.56 Å². The van der Waals surface area contributed by atoms with E-state index < -0.39 is 82.5 Å². The summed E-state index contributed by atoms with van der Waals surface area (Å²) >= 11 is 4.06. The van der Waals surface area contributed by atoms with Crippen molar-refractivity contribution < 1.29 is 51.8 Å². The summed E-state index contributed by atoms with van der Waals surface area (Å²) in [6.07, 6.45) is -7.87. The average Bonchev–Trinajstić information content (AvgIpc) is 3.72. The van der Waals surface area contributed by atoms with Crippen molar-refractivity contribution in [3.8, 4) is 0 Å². The molecular weight excluding hydrogens is 664 g/mol. The minimum Gasteiger partial charge on any atom is -0.387 e. The highest BCUT2D eigenvalue weighted by atomic mass is 32.7. The van der Waals surface area contributed by atoms with Crippen LogP contribution in [0.4, 0.5) is 11.8 Å². The number of phosphoric acid groups is 1. The molecule has 0 spiro atoms. The van der Waals surface area contributed by atoms with Crippen LogP contribution in [0.3, 0.4) is 0 Å². The van der Waals surface area contributed by atoms with E-state index in [4.69, 9.17) is 39.0 Å². The Labute approximate surface area is 255 Å². The molecule has 3 aliphatic heterocycles. The maximum absolute atomic E-state index is 13.5.